The molecule has 1 N–H and O–H groups in total. The summed E-state index contributed by atoms with van der Waals surface area (Å²) in [6.45, 7) is 10.7. The highest BCUT2D eigenvalue weighted by Crippen LogP contribution is 2.44. The molecule has 1 aliphatic rings. The molecule has 11 heteroatoms. The van der Waals surface area contributed by atoms with E-state index in [1.807, 2.05) is 43.0 Å². The van der Waals surface area contributed by atoms with Crippen LogP contribution in [0, 0.1) is 5.92 Å². The van der Waals surface area contributed by atoms with E-state index in [-0.39, 0.29) is 31.1 Å². The summed E-state index contributed by atoms with van der Waals surface area (Å²) < 4.78 is 12.8. The summed E-state index contributed by atoms with van der Waals surface area (Å²) in [6.07, 6.45) is 2.97. The van der Waals surface area contributed by atoms with Crippen LogP contribution in [-0.4, -0.2) is 55.6 Å². The maximum absolute atomic E-state index is 13.5. The lowest BCUT2D eigenvalue weighted by atomic mass is 9.90. The lowest BCUT2D eigenvalue weighted by Crippen LogP contribution is -2.39. The number of benzene rings is 2. The summed E-state index contributed by atoms with van der Waals surface area (Å²) in [7, 11) is 0. The highest BCUT2D eigenvalue weighted by molar-refractivity contribution is 5.98. The summed E-state index contributed by atoms with van der Waals surface area (Å²) in [5.41, 5.74) is 5.67. The van der Waals surface area contributed by atoms with Crippen molar-refractivity contribution in [3.05, 3.63) is 77.1 Å². The summed E-state index contributed by atoms with van der Waals surface area (Å²) in [6, 6.07) is 15.8. The number of carbonyl (C=O) groups excluding carboxylic acids is 2. The molecule has 0 amide bonds. The molecule has 0 saturated carbocycles. The minimum Gasteiger partial charge on any atom is -0.463 e. The van der Waals surface area contributed by atoms with Gasteiger partial charge in [0.05, 0.1) is 31.0 Å². The highest BCUT2D eigenvalue weighted by atomic mass is 16.5. The molecule has 0 aliphatic carbocycles. The van der Waals surface area contributed by atoms with Gasteiger partial charge in [0.25, 0.3) is 0 Å². The van der Waals surface area contributed by atoms with E-state index in [1.165, 1.54) is 0 Å². The molecular formula is C32H37N7O4. The molecule has 11 nitrogen and oxygen atoms in total. The van der Waals surface area contributed by atoms with Crippen molar-refractivity contribution in [2.24, 2.45) is 5.92 Å². The van der Waals surface area contributed by atoms with Crippen LogP contribution in [0.25, 0.3) is 22.5 Å². The number of aromatic nitrogens is 6. The number of anilines is 1. The van der Waals surface area contributed by atoms with Crippen LogP contribution in [-0.2, 0) is 20.8 Å². The first kappa shape index (κ1) is 29.7. The van der Waals surface area contributed by atoms with Gasteiger partial charge in [0, 0.05) is 17.8 Å². The lowest BCUT2D eigenvalue weighted by molar-refractivity contribution is -0.139. The number of esters is 2. The summed E-state index contributed by atoms with van der Waals surface area (Å²) in [4.78, 5) is 28.7. The molecule has 4 aromatic rings. The van der Waals surface area contributed by atoms with Crippen LogP contribution in [0.3, 0.4) is 0 Å². The second-order valence-corrected chi connectivity index (χ2v) is 10.6. The second-order valence-electron chi connectivity index (χ2n) is 10.6. The Kier molecular flexibility index (Phi) is 8.98. The minimum atomic E-state index is -0.444. The van der Waals surface area contributed by atoms with Crippen LogP contribution < -0.4 is 4.90 Å². The molecule has 0 saturated heterocycles. The number of carbonyl (C=O) groups is 2. The predicted octanol–water partition coefficient (Wildman–Crippen LogP) is 5.74. The Morgan fingerprint density at radius 1 is 0.953 bits per heavy atom. The molecule has 2 aromatic heterocycles. The first-order valence-corrected chi connectivity index (χ1v) is 14.7. The van der Waals surface area contributed by atoms with Gasteiger partial charge in [-0.15, -0.1) is 5.10 Å². The van der Waals surface area contributed by atoms with Crippen molar-refractivity contribution >= 4 is 17.8 Å². The third-order valence-corrected chi connectivity index (χ3v) is 7.46. The van der Waals surface area contributed by atoms with E-state index in [4.69, 9.17) is 9.47 Å². The first-order chi connectivity index (χ1) is 20.9. The number of allylic oxidation sites excluding steroid dienone is 1. The van der Waals surface area contributed by atoms with Crippen LogP contribution in [0.5, 0.6) is 0 Å². The van der Waals surface area contributed by atoms with Crippen molar-refractivity contribution in [2.75, 3.05) is 18.1 Å². The Labute approximate surface area is 250 Å². The van der Waals surface area contributed by atoms with Gasteiger partial charge in [0.2, 0.25) is 0 Å². The van der Waals surface area contributed by atoms with Gasteiger partial charge in [0.1, 0.15) is 11.4 Å². The Bertz CT molecular complexity index is 1610. The number of tetrazole rings is 1. The number of nitrogens with zero attached hydrogens (tertiary/aromatic N) is 6. The number of hydrogen-bond acceptors (Lipinski definition) is 9. The van der Waals surface area contributed by atoms with Gasteiger partial charge in [-0.3, -0.25) is 0 Å². The van der Waals surface area contributed by atoms with Gasteiger partial charge in [0.15, 0.2) is 5.82 Å². The maximum Gasteiger partial charge on any atom is 0.343 e. The van der Waals surface area contributed by atoms with Crippen LogP contribution in [0.1, 0.15) is 69.4 Å². The smallest absolute Gasteiger partial charge is 0.343 e. The van der Waals surface area contributed by atoms with E-state index in [1.54, 1.807) is 24.7 Å². The number of H-pyrrole nitrogens is 1. The topological polar surface area (TPSA) is 128 Å². The van der Waals surface area contributed by atoms with Crippen molar-refractivity contribution in [3.8, 4) is 22.5 Å². The Balaban J connectivity index is 1.60. The molecule has 43 heavy (non-hydrogen) atoms. The molecule has 1 atom stereocenters. The van der Waals surface area contributed by atoms with E-state index < -0.39 is 5.97 Å². The van der Waals surface area contributed by atoms with Gasteiger partial charge >= 0.3 is 11.9 Å². The maximum atomic E-state index is 13.5. The van der Waals surface area contributed by atoms with Crippen molar-refractivity contribution in [3.63, 3.8) is 0 Å². The van der Waals surface area contributed by atoms with Gasteiger partial charge in [-0.2, -0.15) is 5.10 Å². The van der Waals surface area contributed by atoms with E-state index in [9.17, 15) is 9.59 Å². The Morgan fingerprint density at radius 3 is 2.28 bits per heavy atom. The number of aromatic amines is 1. The number of ether oxygens (including phenoxy) is 2. The molecule has 1 unspecified atom stereocenters. The fourth-order valence-corrected chi connectivity index (χ4v) is 5.67. The Hall–Kier alpha value is -4.80. The van der Waals surface area contributed by atoms with Crippen molar-refractivity contribution in [2.45, 2.75) is 60.0 Å². The van der Waals surface area contributed by atoms with Gasteiger partial charge < -0.3 is 14.4 Å². The molecule has 0 fully saturated rings. The molecule has 2 aromatic carbocycles. The lowest BCUT2D eigenvalue weighted by Gasteiger charge is -2.39. The molecule has 5 rings (SSSR count). The molecule has 224 valence electrons. The van der Waals surface area contributed by atoms with Crippen LogP contribution in [0.2, 0.25) is 0 Å². The van der Waals surface area contributed by atoms with E-state index in [0.717, 1.165) is 34.4 Å². The van der Waals surface area contributed by atoms with Gasteiger partial charge in [-0.1, -0.05) is 75.7 Å². The summed E-state index contributed by atoms with van der Waals surface area (Å²) in [5.74, 6) is 0.429. The summed E-state index contributed by atoms with van der Waals surface area (Å²) in [5, 5.41) is 19.0. The minimum absolute atomic E-state index is 0.0148. The predicted molar refractivity (Wildman–Crippen MR) is 162 cm³/mol. The third kappa shape index (κ3) is 5.79. The fraction of sp³-hybridized carbons (Fsp3) is 0.375. The number of fused-ring (bicyclic) bond motifs is 1. The molecule has 0 spiro atoms. The number of hydrogen-bond donors (Lipinski definition) is 1. The standard InChI is InChI=1S/C32H37N7O4/c1-6-11-26-27(32(41)43-8-3)28(20(4)5)39-30(25(18-33-39)31(40)42-7-2)38(26)19-21-14-16-22(17-15-21)23-12-9-10-13-24(23)29-34-36-37-35-29/h9-10,12-18,20,28H,6-8,11,19H2,1-5H3,(H,34,35,36,37). The van der Waals surface area contributed by atoms with Crippen molar-refractivity contribution in [1.82, 2.24) is 30.4 Å². The monoisotopic (exact) mass is 583 g/mol. The number of rotatable bonds is 11. The molecule has 1 aliphatic heterocycles. The van der Waals surface area contributed by atoms with Gasteiger partial charge in [-0.05, 0) is 53.3 Å². The van der Waals surface area contributed by atoms with Crippen molar-refractivity contribution < 1.29 is 19.1 Å². The molecule has 0 radical (unpaired) electrons. The Morgan fingerprint density at radius 2 is 1.65 bits per heavy atom. The highest BCUT2D eigenvalue weighted by Gasteiger charge is 2.41. The second kappa shape index (κ2) is 13.0. The zero-order valence-electron chi connectivity index (χ0n) is 25.2. The molecular weight excluding hydrogens is 546 g/mol. The van der Waals surface area contributed by atoms with E-state index >= 15 is 0 Å². The largest absolute Gasteiger partial charge is 0.463 e. The van der Waals surface area contributed by atoms with Gasteiger partial charge in [-0.25, -0.2) is 19.4 Å². The summed E-state index contributed by atoms with van der Waals surface area (Å²) >= 11 is 0. The average molecular weight is 584 g/mol. The quantitative estimate of drug-likeness (QED) is 0.220. The molecule has 0 bridgehead atoms. The van der Waals surface area contributed by atoms with E-state index in [2.05, 4.69) is 56.9 Å². The average Bonchev–Trinajstić information content (AvgIpc) is 3.70. The van der Waals surface area contributed by atoms with Crippen LogP contribution >= 0.6 is 0 Å². The first-order valence-electron chi connectivity index (χ1n) is 14.7. The van der Waals surface area contributed by atoms with Crippen LogP contribution in [0.15, 0.2) is 66.0 Å². The third-order valence-electron chi connectivity index (χ3n) is 7.46. The zero-order valence-corrected chi connectivity index (χ0v) is 25.2. The van der Waals surface area contributed by atoms with E-state index in [0.29, 0.717) is 35.7 Å². The normalized spacial score (nSPS) is 14.7. The molecule has 3 heterocycles. The fourth-order valence-electron chi connectivity index (χ4n) is 5.67. The number of nitrogens with one attached hydrogen (secondary N) is 1. The van der Waals surface area contributed by atoms with Crippen molar-refractivity contribution in [1.29, 1.82) is 0 Å². The van der Waals surface area contributed by atoms with Crippen LogP contribution in [0.4, 0.5) is 5.82 Å². The zero-order chi connectivity index (χ0) is 30.5. The SMILES string of the molecule is CCCC1=C(C(=O)OCC)C(C(C)C)n2ncc(C(=O)OCC)c2N1Cc1ccc(-c2ccccc2-c2nnn[nH]2)cc1.